The van der Waals surface area contributed by atoms with Crippen molar-refractivity contribution < 1.29 is 9.53 Å². The van der Waals surface area contributed by atoms with Gasteiger partial charge in [-0.15, -0.1) is 0 Å². The minimum Gasteiger partial charge on any atom is -0.381 e. The van der Waals surface area contributed by atoms with Crippen molar-refractivity contribution >= 4 is 22.8 Å². The van der Waals surface area contributed by atoms with E-state index in [0.717, 1.165) is 36.6 Å². The monoisotopic (exact) mass is 280 g/mol. The fourth-order valence-corrected chi connectivity index (χ4v) is 5.23. The van der Waals surface area contributed by atoms with Crippen LogP contribution in [0.4, 0.5) is 0 Å². The maximum atomic E-state index is 12.0. The zero-order valence-corrected chi connectivity index (χ0v) is 11.8. The number of amides is 1. The molecule has 2 heterocycles. The molecule has 0 aromatic heterocycles. The molecule has 1 amide bonds. The SMILES string of the molecule is O=C1NC(=N[C@H]2C[C@@H]3CCC2C3)SC1[C@H]1CCOC1. The van der Waals surface area contributed by atoms with Gasteiger partial charge in [-0.25, -0.2) is 0 Å². The van der Waals surface area contributed by atoms with Crippen molar-refractivity contribution in [3.8, 4) is 0 Å². The number of hydrogen-bond donors (Lipinski definition) is 1. The third kappa shape index (κ3) is 2.21. The Morgan fingerprint density at radius 3 is 2.84 bits per heavy atom. The first-order valence-electron chi connectivity index (χ1n) is 7.42. The summed E-state index contributed by atoms with van der Waals surface area (Å²) in [5.74, 6) is 2.20. The van der Waals surface area contributed by atoms with E-state index >= 15 is 0 Å². The molecule has 4 nitrogen and oxygen atoms in total. The Morgan fingerprint density at radius 1 is 1.21 bits per heavy atom. The van der Waals surface area contributed by atoms with Gasteiger partial charge in [-0.1, -0.05) is 18.2 Å². The first-order valence-corrected chi connectivity index (χ1v) is 8.30. The third-order valence-corrected chi connectivity index (χ3v) is 6.39. The molecule has 0 spiro atoms. The molecule has 2 saturated carbocycles. The van der Waals surface area contributed by atoms with E-state index in [0.29, 0.717) is 12.0 Å². The van der Waals surface area contributed by atoms with Crippen LogP contribution in [-0.2, 0) is 9.53 Å². The van der Waals surface area contributed by atoms with Crippen LogP contribution in [0.5, 0.6) is 0 Å². The number of carbonyl (C=O) groups is 1. The lowest BCUT2D eigenvalue weighted by Crippen LogP contribution is -2.30. The van der Waals surface area contributed by atoms with Crippen LogP contribution in [0.25, 0.3) is 0 Å². The van der Waals surface area contributed by atoms with Crippen molar-refractivity contribution in [2.45, 2.75) is 43.4 Å². The summed E-state index contributed by atoms with van der Waals surface area (Å²) in [5, 5.41) is 3.89. The van der Waals surface area contributed by atoms with Crippen LogP contribution < -0.4 is 5.32 Å². The van der Waals surface area contributed by atoms with E-state index in [1.165, 1.54) is 25.7 Å². The number of thioether (sulfide) groups is 1. The molecule has 5 heteroatoms. The zero-order chi connectivity index (χ0) is 12.8. The van der Waals surface area contributed by atoms with E-state index in [9.17, 15) is 4.79 Å². The molecule has 5 atom stereocenters. The largest absolute Gasteiger partial charge is 0.381 e. The highest BCUT2D eigenvalue weighted by atomic mass is 32.2. The molecule has 1 N–H and O–H groups in total. The highest BCUT2D eigenvalue weighted by Gasteiger charge is 2.42. The van der Waals surface area contributed by atoms with Gasteiger partial charge in [0.2, 0.25) is 5.91 Å². The van der Waals surface area contributed by atoms with E-state index in [2.05, 4.69) is 5.32 Å². The first kappa shape index (κ1) is 12.2. The molecule has 2 unspecified atom stereocenters. The Kier molecular flexibility index (Phi) is 3.07. The molecule has 2 aliphatic heterocycles. The lowest BCUT2D eigenvalue weighted by molar-refractivity contribution is -0.119. The first-order chi connectivity index (χ1) is 9.29. The van der Waals surface area contributed by atoms with Gasteiger partial charge in [0.05, 0.1) is 17.9 Å². The maximum absolute atomic E-state index is 12.0. The predicted molar refractivity (Wildman–Crippen MR) is 75.1 cm³/mol. The number of nitrogens with one attached hydrogen (secondary N) is 1. The van der Waals surface area contributed by atoms with Gasteiger partial charge in [0, 0.05) is 12.5 Å². The minimum atomic E-state index is 0.0276. The molecule has 2 bridgehead atoms. The molecule has 19 heavy (non-hydrogen) atoms. The molecule has 4 fully saturated rings. The van der Waals surface area contributed by atoms with Gasteiger partial charge in [0.15, 0.2) is 5.17 Å². The highest BCUT2D eigenvalue weighted by Crippen LogP contribution is 2.46. The van der Waals surface area contributed by atoms with Crippen LogP contribution in [0.3, 0.4) is 0 Å². The number of ether oxygens (including phenoxy) is 1. The number of nitrogens with zero attached hydrogens (tertiary/aromatic N) is 1. The number of carbonyl (C=O) groups excluding carboxylic acids is 1. The molecule has 2 aliphatic carbocycles. The molecular formula is C14H20N2O2S. The van der Waals surface area contributed by atoms with Gasteiger partial charge in [-0.05, 0) is 37.5 Å². The second kappa shape index (κ2) is 4.77. The molecule has 0 radical (unpaired) electrons. The summed E-state index contributed by atoms with van der Waals surface area (Å²) >= 11 is 1.64. The van der Waals surface area contributed by atoms with Gasteiger partial charge in [0.1, 0.15) is 0 Å². The summed E-state index contributed by atoms with van der Waals surface area (Å²) in [5.41, 5.74) is 0. The van der Waals surface area contributed by atoms with Gasteiger partial charge < -0.3 is 10.1 Å². The van der Waals surface area contributed by atoms with E-state index in [4.69, 9.17) is 9.73 Å². The molecule has 0 aromatic rings. The second-order valence-corrected chi connectivity index (χ2v) is 7.46. The van der Waals surface area contributed by atoms with Gasteiger partial charge >= 0.3 is 0 Å². The summed E-state index contributed by atoms with van der Waals surface area (Å²) in [6.45, 7) is 1.53. The lowest BCUT2D eigenvalue weighted by atomic mass is 9.96. The van der Waals surface area contributed by atoms with E-state index in [1.807, 2.05) is 0 Å². The van der Waals surface area contributed by atoms with Crippen LogP contribution >= 0.6 is 11.8 Å². The number of hydrogen-bond acceptors (Lipinski definition) is 4. The van der Waals surface area contributed by atoms with Gasteiger partial charge in [-0.3, -0.25) is 9.79 Å². The molecule has 4 aliphatic rings. The van der Waals surface area contributed by atoms with E-state index in [-0.39, 0.29) is 11.2 Å². The van der Waals surface area contributed by atoms with Crippen LogP contribution in [0.2, 0.25) is 0 Å². The van der Waals surface area contributed by atoms with Crippen molar-refractivity contribution in [3.05, 3.63) is 0 Å². The summed E-state index contributed by atoms with van der Waals surface area (Å²) in [6.07, 6.45) is 6.34. The minimum absolute atomic E-state index is 0.0276. The van der Waals surface area contributed by atoms with Crippen molar-refractivity contribution in [3.63, 3.8) is 0 Å². The molecular weight excluding hydrogens is 260 g/mol. The molecule has 0 aromatic carbocycles. The van der Waals surface area contributed by atoms with Crippen LogP contribution in [-0.4, -0.2) is 35.6 Å². The highest BCUT2D eigenvalue weighted by molar-refractivity contribution is 8.15. The Bertz CT molecular complexity index is 420. The van der Waals surface area contributed by atoms with Gasteiger partial charge in [0.25, 0.3) is 0 Å². The van der Waals surface area contributed by atoms with Crippen LogP contribution in [0.1, 0.15) is 32.1 Å². The summed E-state index contributed by atoms with van der Waals surface area (Å²) in [6, 6.07) is 0.472. The average Bonchev–Trinajstić information content (AvgIpc) is 3.12. The topological polar surface area (TPSA) is 50.7 Å². The molecule has 2 saturated heterocycles. The Morgan fingerprint density at radius 2 is 2.16 bits per heavy atom. The van der Waals surface area contributed by atoms with Crippen molar-refractivity contribution in [1.82, 2.24) is 5.32 Å². The molecule has 4 rings (SSSR count). The number of rotatable bonds is 2. The fraction of sp³-hybridized carbons (Fsp3) is 0.857. The number of fused-ring (bicyclic) bond motifs is 2. The van der Waals surface area contributed by atoms with Crippen molar-refractivity contribution in [2.75, 3.05) is 13.2 Å². The lowest BCUT2D eigenvalue weighted by Gasteiger charge is -2.17. The summed E-state index contributed by atoms with van der Waals surface area (Å²) < 4.78 is 5.39. The third-order valence-electron chi connectivity index (χ3n) is 5.10. The fourth-order valence-electron chi connectivity index (χ4n) is 4.06. The van der Waals surface area contributed by atoms with Crippen molar-refractivity contribution in [2.24, 2.45) is 22.7 Å². The Labute approximate surface area is 117 Å². The van der Waals surface area contributed by atoms with Gasteiger partial charge in [-0.2, -0.15) is 0 Å². The average molecular weight is 280 g/mol. The normalized spacial score (nSPS) is 47.3. The van der Waals surface area contributed by atoms with Crippen molar-refractivity contribution in [1.29, 1.82) is 0 Å². The van der Waals surface area contributed by atoms with E-state index in [1.54, 1.807) is 11.8 Å². The van der Waals surface area contributed by atoms with Crippen LogP contribution in [0, 0.1) is 17.8 Å². The second-order valence-electron chi connectivity index (χ2n) is 6.33. The number of amidine groups is 1. The summed E-state index contributed by atoms with van der Waals surface area (Å²) in [4.78, 5) is 16.9. The Balaban J connectivity index is 1.44. The quantitative estimate of drug-likeness (QED) is 0.839. The predicted octanol–water partition coefficient (Wildman–Crippen LogP) is 1.80. The number of aliphatic imine (C=N–C) groups is 1. The van der Waals surface area contributed by atoms with E-state index < -0.39 is 0 Å². The van der Waals surface area contributed by atoms with Crippen LogP contribution in [0.15, 0.2) is 4.99 Å². The standard InChI is InChI=1S/C14H20N2O2S/c17-13-12(10-3-4-18-7-10)19-14(16-13)15-11-6-8-1-2-9(11)5-8/h8-12H,1-7H2,(H,15,16,17)/t8-,9?,10+,11+,12?/m1/s1. The zero-order valence-electron chi connectivity index (χ0n) is 11.0. The smallest absolute Gasteiger partial charge is 0.239 e. The Hall–Kier alpha value is -0.550. The molecule has 104 valence electrons. The summed E-state index contributed by atoms with van der Waals surface area (Å²) in [7, 11) is 0. The maximum Gasteiger partial charge on any atom is 0.239 e.